The van der Waals surface area contributed by atoms with Crippen molar-refractivity contribution in [2.45, 2.75) is 6.10 Å². The molecule has 8 nitrogen and oxygen atoms in total. The zero-order chi connectivity index (χ0) is 14.1. The summed E-state index contributed by atoms with van der Waals surface area (Å²) in [5, 5.41) is 11.0. The Labute approximate surface area is 114 Å². The number of oxazole rings is 1. The maximum atomic E-state index is 11.0. The van der Waals surface area contributed by atoms with E-state index in [4.69, 9.17) is 14.9 Å². The first-order valence-corrected chi connectivity index (χ1v) is 6.29. The molecule has 1 aliphatic heterocycles. The number of nitro groups is 1. The summed E-state index contributed by atoms with van der Waals surface area (Å²) in [7, 11) is 0. The van der Waals surface area contributed by atoms with Gasteiger partial charge in [-0.1, -0.05) is 6.07 Å². The Morgan fingerprint density at radius 3 is 3.15 bits per heavy atom. The molecule has 1 saturated heterocycles. The van der Waals surface area contributed by atoms with Crippen LogP contribution < -0.4 is 10.6 Å². The normalized spacial score (nSPS) is 19.4. The van der Waals surface area contributed by atoms with Crippen LogP contribution in [0.5, 0.6) is 0 Å². The summed E-state index contributed by atoms with van der Waals surface area (Å²) in [4.78, 5) is 16.7. The van der Waals surface area contributed by atoms with Crippen LogP contribution in [-0.4, -0.2) is 42.3 Å². The predicted octanol–water partition coefficient (Wildman–Crippen LogP) is 0.900. The topological polar surface area (TPSA) is 108 Å². The van der Waals surface area contributed by atoms with E-state index in [1.807, 2.05) is 4.90 Å². The van der Waals surface area contributed by atoms with Gasteiger partial charge in [-0.2, -0.15) is 4.98 Å². The minimum Gasteiger partial charge on any atom is -0.423 e. The number of ether oxygens (including phenoxy) is 1. The first-order valence-electron chi connectivity index (χ1n) is 6.29. The van der Waals surface area contributed by atoms with Gasteiger partial charge in [0.1, 0.15) is 0 Å². The van der Waals surface area contributed by atoms with Gasteiger partial charge in [0.2, 0.25) is 0 Å². The van der Waals surface area contributed by atoms with E-state index in [1.165, 1.54) is 6.07 Å². The number of anilines is 1. The fourth-order valence-corrected chi connectivity index (χ4v) is 2.24. The number of nitro benzene ring substituents is 1. The molecular formula is C12H14N4O4. The van der Waals surface area contributed by atoms with Crippen LogP contribution in [0.3, 0.4) is 0 Å². The molecular weight excluding hydrogens is 264 g/mol. The van der Waals surface area contributed by atoms with Crippen LogP contribution in [0.2, 0.25) is 0 Å². The first kappa shape index (κ1) is 12.8. The van der Waals surface area contributed by atoms with E-state index in [1.54, 1.807) is 12.1 Å². The van der Waals surface area contributed by atoms with Gasteiger partial charge in [0.15, 0.2) is 11.1 Å². The summed E-state index contributed by atoms with van der Waals surface area (Å²) in [6.45, 7) is 2.13. The number of morpholine rings is 1. The van der Waals surface area contributed by atoms with E-state index in [0.29, 0.717) is 37.8 Å². The molecule has 20 heavy (non-hydrogen) atoms. The molecule has 2 heterocycles. The Balaban J connectivity index is 1.96. The summed E-state index contributed by atoms with van der Waals surface area (Å²) in [5.74, 6) is 0. The number of hydrogen-bond acceptors (Lipinski definition) is 7. The van der Waals surface area contributed by atoms with Crippen LogP contribution in [0.4, 0.5) is 11.7 Å². The zero-order valence-electron chi connectivity index (χ0n) is 10.7. The van der Waals surface area contributed by atoms with Crippen LogP contribution in [0.15, 0.2) is 22.6 Å². The molecule has 1 fully saturated rings. The number of para-hydroxylation sites is 1. The van der Waals surface area contributed by atoms with E-state index in [0.717, 1.165) is 0 Å². The van der Waals surface area contributed by atoms with Gasteiger partial charge in [-0.15, -0.1) is 0 Å². The Bertz CT molecular complexity index is 641. The third-order valence-corrected chi connectivity index (χ3v) is 3.26. The SMILES string of the molecule is NCC1CN(c2nc3c([N+](=O)[O-])cccc3o2)CCO1. The molecule has 0 radical (unpaired) electrons. The zero-order valence-corrected chi connectivity index (χ0v) is 10.7. The highest BCUT2D eigenvalue weighted by Crippen LogP contribution is 2.29. The minimum atomic E-state index is -0.462. The van der Waals surface area contributed by atoms with Crippen LogP contribution in [0, 0.1) is 10.1 Å². The molecule has 0 saturated carbocycles. The number of nitrogens with two attached hydrogens (primary N) is 1. The first-order chi connectivity index (χ1) is 9.69. The smallest absolute Gasteiger partial charge is 0.298 e. The predicted molar refractivity (Wildman–Crippen MR) is 71.7 cm³/mol. The second-order valence-electron chi connectivity index (χ2n) is 4.55. The monoisotopic (exact) mass is 278 g/mol. The van der Waals surface area contributed by atoms with Crippen molar-refractivity contribution >= 4 is 22.8 Å². The Hall–Kier alpha value is -2.19. The molecule has 0 spiro atoms. The van der Waals surface area contributed by atoms with Crippen LogP contribution in [0.25, 0.3) is 11.1 Å². The molecule has 0 bridgehead atoms. The molecule has 1 aliphatic rings. The van der Waals surface area contributed by atoms with Gasteiger partial charge in [0, 0.05) is 25.7 Å². The van der Waals surface area contributed by atoms with Crippen molar-refractivity contribution in [3.8, 4) is 0 Å². The van der Waals surface area contributed by atoms with Crippen molar-refractivity contribution in [3.05, 3.63) is 28.3 Å². The number of hydrogen-bond donors (Lipinski definition) is 1. The molecule has 3 rings (SSSR count). The molecule has 2 N–H and O–H groups in total. The average molecular weight is 278 g/mol. The lowest BCUT2D eigenvalue weighted by Crippen LogP contribution is -2.45. The van der Waals surface area contributed by atoms with E-state index >= 15 is 0 Å². The van der Waals surface area contributed by atoms with Gasteiger partial charge in [-0.3, -0.25) is 10.1 Å². The van der Waals surface area contributed by atoms with Gasteiger partial charge in [0.05, 0.1) is 17.6 Å². The number of non-ortho nitro benzene ring substituents is 1. The van der Waals surface area contributed by atoms with Gasteiger partial charge in [0.25, 0.3) is 11.7 Å². The highest BCUT2D eigenvalue weighted by Gasteiger charge is 2.25. The van der Waals surface area contributed by atoms with Gasteiger partial charge in [-0.25, -0.2) is 0 Å². The van der Waals surface area contributed by atoms with Crippen LogP contribution in [0.1, 0.15) is 0 Å². The summed E-state index contributed by atoms with van der Waals surface area (Å²) in [5.41, 5.74) is 6.21. The van der Waals surface area contributed by atoms with Gasteiger partial charge < -0.3 is 19.8 Å². The van der Waals surface area contributed by atoms with Crippen molar-refractivity contribution in [2.75, 3.05) is 31.1 Å². The van der Waals surface area contributed by atoms with E-state index < -0.39 is 4.92 Å². The van der Waals surface area contributed by atoms with Crippen LogP contribution in [-0.2, 0) is 4.74 Å². The molecule has 1 atom stereocenters. The fraction of sp³-hybridized carbons (Fsp3) is 0.417. The molecule has 1 aromatic heterocycles. The third-order valence-electron chi connectivity index (χ3n) is 3.26. The largest absolute Gasteiger partial charge is 0.423 e. The maximum absolute atomic E-state index is 11.0. The minimum absolute atomic E-state index is 0.0545. The van der Waals surface area contributed by atoms with E-state index in [9.17, 15) is 10.1 Å². The number of aromatic nitrogens is 1. The average Bonchev–Trinajstić information content (AvgIpc) is 2.91. The third kappa shape index (κ3) is 2.19. The van der Waals surface area contributed by atoms with Gasteiger partial charge >= 0.3 is 0 Å². The van der Waals surface area contributed by atoms with Gasteiger partial charge in [-0.05, 0) is 6.07 Å². The number of rotatable bonds is 3. The molecule has 0 aliphatic carbocycles. The second-order valence-corrected chi connectivity index (χ2v) is 4.55. The molecule has 2 aromatic rings. The van der Waals surface area contributed by atoms with Crippen LogP contribution >= 0.6 is 0 Å². The molecule has 1 aromatic carbocycles. The van der Waals surface area contributed by atoms with E-state index in [2.05, 4.69) is 4.98 Å². The summed E-state index contributed by atoms with van der Waals surface area (Å²) in [6, 6.07) is 5.03. The highest BCUT2D eigenvalue weighted by atomic mass is 16.6. The summed E-state index contributed by atoms with van der Waals surface area (Å²) < 4.78 is 11.1. The van der Waals surface area contributed by atoms with Crippen molar-refractivity contribution in [2.24, 2.45) is 5.73 Å². The molecule has 0 amide bonds. The number of nitrogens with zero attached hydrogens (tertiary/aromatic N) is 3. The Morgan fingerprint density at radius 2 is 2.40 bits per heavy atom. The summed E-state index contributed by atoms with van der Waals surface area (Å²) >= 11 is 0. The fourth-order valence-electron chi connectivity index (χ4n) is 2.24. The lowest BCUT2D eigenvalue weighted by atomic mass is 10.3. The summed E-state index contributed by atoms with van der Waals surface area (Å²) in [6.07, 6.45) is -0.0752. The quantitative estimate of drug-likeness (QED) is 0.656. The highest BCUT2D eigenvalue weighted by molar-refractivity contribution is 5.84. The maximum Gasteiger partial charge on any atom is 0.298 e. The number of benzene rings is 1. The lowest BCUT2D eigenvalue weighted by Gasteiger charge is -2.30. The lowest BCUT2D eigenvalue weighted by molar-refractivity contribution is -0.383. The second kappa shape index (κ2) is 5.06. The molecule has 1 unspecified atom stereocenters. The van der Waals surface area contributed by atoms with Crippen molar-refractivity contribution in [1.82, 2.24) is 4.98 Å². The van der Waals surface area contributed by atoms with Crippen molar-refractivity contribution in [3.63, 3.8) is 0 Å². The molecule has 8 heteroatoms. The van der Waals surface area contributed by atoms with E-state index in [-0.39, 0.29) is 17.3 Å². The number of fused-ring (bicyclic) bond motifs is 1. The standard InChI is InChI=1S/C12H14N4O4/c13-6-8-7-15(4-5-19-8)12-14-11-9(16(17)18)2-1-3-10(11)20-12/h1-3,8H,4-7,13H2. The Morgan fingerprint density at radius 1 is 1.55 bits per heavy atom. The molecule has 106 valence electrons. The Kier molecular flexibility index (Phi) is 3.25. The van der Waals surface area contributed by atoms with Crippen molar-refractivity contribution < 1.29 is 14.1 Å². The van der Waals surface area contributed by atoms with Crippen molar-refractivity contribution in [1.29, 1.82) is 0 Å².